The highest BCUT2D eigenvalue weighted by Gasteiger charge is 2.18. The highest BCUT2D eigenvalue weighted by Crippen LogP contribution is 2.36. The molecular weight excluding hydrogens is 344 g/mol. The summed E-state index contributed by atoms with van der Waals surface area (Å²) in [6.07, 6.45) is -0.370. The van der Waals surface area contributed by atoms with Crippen molar-refractivity contribution < 1.29 is 18.7 Å². The van der Waals surface area contributed by atoms with Gasteiger partial charge in [0.2, 0.25) is 0 Å². The van der Waals surface area contributed by atoms with Crippen LogP contribution < -0.4 is 9.47 Å². The summed E-state index contributed by atoms with van der Waals surface area (Å²) >= 11 is 11.9. The van der Waals surface area contributed by atoms with Crippen LogP contribution in [0.3, 0.4) is 0 Å². The summed E-state index contributed by atoms with van der Waals surface area (Å²) in [4.78, 5) is 12.0. The molecule has 2 aromatic rings. The SMILES string of the molecule is COc1cc(C#N)cc(Cl)c1OC(=O)Cc1c(F)cccc1Cl. The van der Waals surface area contributed by atoms with Crippen LogP contribution in [0, 0.1) is 17.1 Å². The number of hydrogen-bond acceptors (Lipinski definition) is 4. The predicted octanol–water partition coefficient (Wildman–Crippen LogP) is 4.16. The van der Waals surface area contributed by atoms with Gasteiger partial charge in [0.15, 0.2) is 11.5 Å². The first-order valence-electron chi connectivity index (χ1n) is 6.37. The van der Waals surface area contributed by atoms with Gasteiger partial charge in [-0.15, -0.1) is 0 Å². The van der Waals surface area contributed by atoms with Crippen molar-refractivity contribution in [2.45, 2.75) is 6.42 Å². The van der Waals surface area contributed by atoms with Crippen LogP contribution in [-0.2, 0) is 11.2 Å². The van der Waals surface area contributed by atoms with Crippen molar-refractivity contribution in [2.24, 2.45) is 0 Å². The molecule has 0 heterocycles. The molecular formula is C16H10Cl2FNO3. The zero-order valence-electron chi connectivity index (χ0n) is 11.9. The number of esters is 1. The zero-order chi connectivity index (χ0) is 17.0. The van der Waals surface area contributed by atoms with Gasteiger partial charge in [-0.3, -0.25) is 4.79 Å². The Kier molecular flexibility index (Phi) is 5.43. The van der Waals surface area contributed by atoms with Gasteiger partial charge in [0.05, 0.1) is 30.2 Å². The van der Waals surface area contributed by atoms with Gasteiger partial charge in [-0.1, -0.05) is 29.3 Å². The van der Waals surface area contributed by atoms with Crippen LogP contribution in [0.1, 0.15) is 11.1 Å². The Balaban J connectivity index is 2.26. The number of rotatable bonds is 4. The molecule has 2 rings (SSSR count). The van der Waals surface area contributed by atoms with Gasteiger partial charge < -0.3 is 9.47 Å². The van der Waals surface area contributed by atoms with Gasteiger partial charge in [-0.05, 0) is 18.2 Å². The van der Waals surface area contributed by atoms with Crippen LogP contribution in [0.2, 0.25) is 10.0 Å². The third-order valence-corrected chi connectivity index (χ3v) is 3.59. The summed E-state index contributed by atoms with van der Waals surface area (Å²) < 4.78 is 23.9. The highest BCUT2D eigenvalue weighted by atomic mass is 35.5. The summed E-state index contributed by atoms with van der Waals surface area (Å²) in [5.41, 5.74) is 0.284. The van der Waals surface area contributed by atoms with Crippen molar-refractivity contribution in [2.75, 3.05) is 7.11 Å². The number of carbonyl (C=O) groups excluding carboxylic acids is 1. The predicted molar refractivity (Wildman–Crippen MR) is 83.5 cm³/mol. The zero-order valence-corrected chi connectivity index (χ0v) is 13.4. The Bertz CT molecular complexity index is 782. The largest absolute Gasteiger partial charge is 0.493 e. The third kappa shape index (κ3) is 3.92. The summed E-state index contributed by atoms with van der Waals surface area (Å²) in [7, 11) is 1.35. The van der Waals surface area contributed by atoms with E-state index in [9.17, 15) is 9.18 Å². The van der Waals surface area contributed by atoms with Crippen molar-refractivity contribution >= 4 is 29.2 Å². The highest BCUT2D eigenvalue weighted by molar-refractivity contribution is 6.32. The minimum absolute atomic E-state index is 0.0305. The van der Waals surface area contributed by atoms with E-state index < -0.39 is 11.8 Å². The Morgan fingerprint density at radius 1 is 1.30 bits per heavy atom. The summed E-state index contributed by atoms with van der Waals surface area (Å²) in [5, 5.41) is 9.04. The van der Waals surface area contributed by atoms with E-state index in [1.807, 2.05) is 6.07 Å². The standard InChI is InChI=1S/C16H10Cl2FNO3/c1-22-14-6-9(8-20)5-12(18)16(14)23-15(21)7-10-11(17)3-2-4-13(10)19/h2-6H,7H2,1H3. The molecule has 0 N–H and O–H groups in total. The van der Waals surface area contributed by atoms with Crippen LogP contribution in [0.25, 0.3) is 0 Å². The number of halogens is 3. The van der Waals surface area contributed by atoms with Crippen LogP contribution in [0.5, 0.6) is 11.5 Å². The molecule has 0 amide bonds. The van der Waals surface area contributed by atoms with Crippen LogP contribution in [0.4, 0.5) is 4.39 Å². The summed E-state index contributed by atoms with van der Waals surface area (Å²) in [5.74, 6) is -1.28. The van der Waals surface area contributed by atoms with Crippen molar-refractivity contribution in [1.29, 1.82) is 5.26 Å². The van der Waals surface area contributed by atoms with Crippen LogP contribution in [0.15, 0.2) is 30.3 Å². The van der Waals surface area contributed by atoms with Crippen molar-refractivity contribution in [3.8, 4) is 17.6 Å². The Labute approximate surface area is 142 Å². The Morgan fingerprint density at radius 3 is 2.65 bits per heavy atom. The van der Waals surface area contributed by atoms with E-state index in [1.165, 1.54) is 37.4 Å². The first-order chi connectivity index (χ1) is 11.0. The number of carbonyl (C=O) groups is 1. The van der Waals surface area contributed by atoms with Gasteiger partial charge in [0, 0.05) is 16.7 Å². The van der Waals surface area contributed by atoms with Crippen LogP contribution in [-0.4, -0.2) is 13.1 Å². The molecule has 0 saturated heterocycles. The quantitative estimate of drug-likeness (QED) is 0.611. The molecule has 0 aromatic heterocycles. The number of nitrogens with zero attached hydrogens (tertiary/aromatic N) is 1. The second-order valence-corrected chi connectivity index (χ2v) is 5.27. The molecule has 0 atom stereocenters. The first kappa shape index (κ1) is 17.1. The molecule has 2 aromatic carbocycles. The van der Waals surface area contributed by atoms with Gasteiger partial charge in [-0.2, -0.15) is 5.26 Å². The summed E-state index contributed by atoms with van der Waals surface area (Å²) in [6.45, 7) is 0. The average molecular weight is 354 g/mol. The van der Waals surface area contributed by atoms with E-state index in [2.05, 4.69) is 0 Å². The molecule has 0 spiro atoms. The minimum atomic E-state index is -0.762. The molecule has 0 aliphatic heterocycles. The fourth-order valence-electron chi connectivity index (χ4n) is 1.88. The number of nitriles is 1. The molecule has 0 bridgehead atoms. The lowest BCUT2D eigenvalue weighted by Crippen LogP contribution is -2.13. The molecule has 0 aliphatic carbocycles. The fourth-order valence-corrected chi connectivity index (χ4v) is 2.36. The topological polar surface area (TPSA) is 59.3 Å². The number of benzene rings is 2. The minimum Gasteiger partial charge on any atom is -0.493 e. The maximum atomic E-state index is 13.7. The fraction of sp³-hybridized carbons (Fsp3) is 0.125. The lowest BCUT2D eigenvalue weighted by atomic mass is 10.1. The Morgan fingerprint density at radius 2 is 2.04 bits per heavy atom. The molecule has 0 fully saturated rings. The van der Waals surface area contributed by atoms with Crippen molar-refractivity contribution in [3.63, 3.8) is 0 Å². The lowest BCUT2D eigenvalue weighted by Gasteiger charge is -2.12. The second kappa shape index (κ2) is 7.32. The molecule has 0 radical (unpaired) electrons. The van der Waals surface area contributed by atoms with Crippen LogP contribution >= 0.6 is 23.2 Å². The average Bonchev–Trinajstić information content (AvgIpc) is 2.52. The first-order valence-corrected chi connectivity index (χ1v) is 7.13. The van der Waals surface area contributed by atoms with Crippen molar-refractivity contribution in [3.05, 3.63) is 57.3 Å². The molecule has 0 saturated carbocycles. The smallest absolute Gasteiger partial charge is 0.316 e. The van der Waals surface area contributed by atoms with Gasteiger partial charge >= 0.3 is 5.97 Å². The Hall–Kier alpha value is -2.29. The molecule has 4 nitrogen and oxygen atoms in total. The maximum Gasteiger partial charge on any atom is 0.316 e. The van der Waals surface area contributed by atoms with E-state index in [4.69, 9.17) is 37.9 Å². The van der Waals surface area contributed by atoms with E-state index in [0.717, 1.165) is 0 Å². The monoisotopic (exact) mass is 353 g/mol. The molecule has 118 valence electrons. The molecule has 23 heavy (non-hydrogen) atoms. The normalized spacial score (nSPS) is 10.0. The number of hydrogen-bond donors (Lipinski definition) is 0. The summed E-state index contributed by atoms with van der Waals surface area (Å²) in [6, 6.07) is 8.73. The third-order valence-electron chi connectivity index (χ3n) is 2.96. The lowest BCUT2D eigenvalue weighted by molar-refractivity contribution is -0.133. The number of methoxy groups -OCH3 is 1. The van der Waals surface area contributed by atoms with E-state index >= 15 is 0 Å². The maximum absolute atomic E-state index is 13.7. The molecule has 0 aliphatic rings. The van der Waals surface area contributed by atoms with E-state index in [0.29, 0.717) is 0 Å². The molecule has 0 unspecified atom stereocenters. The van der Waals surface area contributed by atoms with E-state index in [-0.39, 0.29) is 39.1 Å². The van der Waals surface area contributed by atoms with Gasteiger partial charge in [-0.25, -0.2) is 4.39 Å². The van der Waals surface area contributed by atoms with Gasteiger partial charge in [0.25, 0.3) is 0 Å². The van der Waals surface area contributed by atoms with E-state index in [1.54, 1.807) is 0 Å². The van der Waals surface area contributed by atoms with Crippen molar-refractivity contribution in [1.82, 2.24) is 0 Å². The number of ether oxygens (including phenoxy) is 2. The second-order valence-electron chi connectivity index (χ2n) is 4.45. The molecule has 7 heteroatoms. The van der Waals surface area contributed by atoms with Gasteiger partial charge in [0.1, 0.15) is 5.82 Å².